The van der Waals surface area contributed by atoms with E-state index in [9.17, 15) is 13.2 Å². The predicted molar refractivity (Wildman–Crippen MR) is 78.1 cm³/mol. The average Bonchev–Trinajstić information content (AvgIpc) is 2.33. The molecule has 0 unspecified atom stereocenters. The molecular weight excluding hydrogens is 293 g/mol. The van der Waals surface area contributed by atoms with Gasteiger partial charge in [0.1, 0.15) is 11.5 Å². The molecule has 0 bridgehead atoms. The average molecular weight is 308 g/mol. The summed E-state index contributed by atoms with van der Waals surface area (Å²) >= 11 is 6.38. The standard InChI is InChI=1S/C12H15F3N2S2/c1-3-17(7-12(13,14)15)8-5-4-6-9(19-2)10(8)11(16)18/h4-6H,3,7H2,1-2H3,(H2,16,18). The van der Waals surface area contributed by atoms with Crippen LogP contribution in [-0.4, -0.2) is 30.5 Å². The van der Waals surface area contributed by atoms with Crippen molar-refractivity contribution in [2.75, 3.05) is 24.2 Å². The maximum atomic E-state index is 12.6. The Balaban J connectivity index is 3.27. The quantitative estimate of drug-likeness (QED) is 0.666. The minimum absolute atomic E-state index is 0.112. The van der Waals surface area contributed by atoms with Crippen molar-refractivity contribution in [1.29, 1.82) is 0 Å². The number of hydrogen-bond acceptors (Lipinski definition) is 3. The first kappa shape index (κ1) is 16.1. The van der Waals surface area contributed by atoms with Gasteiger partial charge in [0.2, 0.25) is 0 Å². The molecule has 19 heavy (non-hydrogen) atoms. The molecule has 0 fully saturated rings. The SMILES string of the molecule is CCN(CC(F)(F)F)c1cccc(SC)c1C(N)=S. The molecule has 106 valence electrons. The molecule has 0 aliphatic carbocycles. The zero-order valence-corrected chi connectivity index (χ0v) is 12.3. The summed E-state index contributed by atoms with van der Waals surface area (Å²) < 4.78 is 37.7. The lowest BCUT2D eigenvalue weighted by molar-refractivity contribution is -0.119. The number of rotatable bonds is 5. The summed E-state index contributed by atoms with van der Waals surface area (Å²) in [4.78, 5) is 2.12. The van der Waals surface area contributed by atoms with Crippen LogP contribution >= 0.6 is 24.0 Å². The van der Waals surface area contributed by atoms with Crippen LogP contribution < -0.4 is 10.6 Å². The molecule has 0 radical (unpaired) electrons. The van der Waals surface area contributed by atoms with Crippen molar-refractivity contribution in [3.63, 3.8) is 0 Å². The first-order chi connectivity index (χ1) is 8.80. The third-order valence-electron chi connectivity index (χ3n) is 2.56. The number of benzene rings is 1. The fraction of sp³-hybridized carbons (Fsp3) is 0.417. The third-order valence-corrected chi connectivity index (χ3v) is 3.55. The fourth-order valence-electron chi connectivity index (χ4n) is 1.78. The molecular formula is C12H15F3N2S2. The van der Waals surface area contributed by atoms with Crippen LogP contribution in [0.3, 0.4) is 0 Å². The molecule has 0 aliphatic rings. The zero-order chi connectivity index (χ0) is 14.6. The van der Waals surface area contributed by atoms with E-state index in [2.05, 4.69) is 0 Å². The van der Waals surface area contributed by atoms with Gasteiger partial charge in [-0.25, -0.2) is 0 Å². The van der Waals surface area contributed by atoms with Crippen molar-refractivity contribution >= 4 is 34.7 Å². The highest BCUT2D eigenvalue weighted by Gasteiger charge is 2.31. The van der Waals surface area contributed by atoms with E-state index < -0.39 is 12.7 Å². The van der Waals surface area contributed by atoms with Gasteiger partial charge in [-0.3, -0.25) is 0 Å². The van der Waals surface area contributed by atoms with Crippen molar-refractivity contribution in [2.45, 2.75) is 18.0 Å². The Kier molecular flexibility index (Phi) is 5.49. The molecule has 1 aromatic rings. The van der Waals surface area contributed by atoms with Crippen molar-refractivity contribution in [1.82, 2.24) is 0 Å². The third kappa shape index (κ3) is 4.28. The Morgan fingerprint density at radius 1 is 1.42 bits per heavy atom. The highest BCUT2D eigenvalue weighted by atomic mass is 32.2. The zero-order valence-electron chi connectivity index (χ0n) is 10.6. The molecule has 0 spiro atoms. The highest BCUT2D eigenvalue weighted by molar-refractivity contribution is 7.98. The summed E-state index contributed by atoms with van der Waals surface area (Å²) in [6.07, 6.45) is -2.43. The van der Waals surface area contributed by atoms with Crippen molar-refractivity contribution in [3.05, 3.63) is 23.8 Å². The van der Waals surface area contributed by atoms with Gasteiger partial charge in [0, 0.05) is 22.7 Å². The van der Waals surface area contributed by atoms with Gasteiger partial charge in [-0.1, -0.05) is 18.3 Å². The van der Waals surface area contributed by atoms with E-state index in [1.807, 2.05) is 6.26 Å². The van der Waals surface area contributed by atoms with Gasteiger partial charge in [-0.2, -0.15) is 13.2 Å². The Bertz CT molecular complexity index is 461. The van der Waals surface area contributed by atoms with E-state index in [0.717, 1.165) is 4.90 Å². The second kappa shape index (κ2) is 6.47. The molecule has 2 nitrogen and oxygen atoms in total. The molecule has 0 amide bonds. The second-order valence-corrected chi connectivity index (χ2v) is 5.14. The molecule has 7 heteroatoms. The van der Waals surface area contributed by atoms with E-state index in [0.29, 0.717) is 11.3 Å². The predicted octanol–water partition coefficient (Wildman–Crippen LogP) is 3.43. The maximum absolute atomic E-state index is 12.6. The Morgan fingerprint density at radius 2 is 2.05 bits per heavy atom. The summed E-state index contributed by atoms with van der Waals surface area (Å²) in [5, 5.41) is 0. The van der Waals surface area contributed by atoms with Crippen molar-refractivity contribution < 1.29 is 13.2 Å². The van der Waals surface area contributed by atoms with E-state index >= 15 is 0 Å². The van der Waals surface area contributed by atoms with Crippen LogP contribution in [0.15, 0.2) is 23.1 Å². The largest absolute Gasteiger partial charge is 0.405 e. The molecule has 0 aliphatic heterocycles. The number of nitrogens with zero attached hydrogens (tertiary/aromatic N) is 1. The van der Waals surface area contributed by atoms with Gasteiger partial charge in [-0.15, -0.1) is 11.8 Å². The van der Waals surface area contributed by atoms with Gasteiger partial charge >= 0.3 is 6.18 Å². The monoisotopic (exact) mass is 308 g/mol. The topological polar surface area (TPSA) is 29.3 Å². The summed E-state index contributed by atoms with van der Waals surface area (Å²) in [6, 6.07) is 5.12. The molecule has 0 heterocycles. The highest BCUT2D eigenvalue weighted by Crippen LogP contribution is 2.31. The molecule has 1 rings (SSSR count). The van der Waals surface area contributed by atoms with Crippen LogP contribution in [0, 0.1) is 0 Å². The van der Waals surface area contributed by atoms with E-state index in [1.54, 1.807) is 25.1 Å². The summed E-state index contributed by atoms with van der Waals surface area (Å²) in [5.41, 5.74) is 6.60. The van der Waals surface area contributed by atoms with Gasteiger partial charge < -0.3 is 10.6 Å². The number of anilines is 1. The minimum Gasteiger partial charge on any atom is -0.389 e. The van der Waals surface area contributed by atoms with E-state index in [-0.39, 0.29) is 11.5 Å². The Labute approximate surface area is 120 Å². The van der Waals surface area contributed by atoms with Crippen LogP contribution in [0.2, 0.25) is 0 Å². The lowest BCUT2D eigenvalue weighted by atomic mass is 10.1. The number of alkyl halides is 3. The van der Waals surface area contributed by atoms with Crippen LogP contribution in [0.4, 0.5) is 18.9 Å². The molecule has 0 atom stereocenters. The second-order valence-electron chi connectivity index (χ2n) is 3.85. The molecule has 1 aromatic carbocycles. The van der Waals surface area contributed by atoms with Gasteiger partial charge in [0.05, 0.1) is 0 Å². The molecule has 0 aromatic heterocycles. The number of thioether (sulfide) groups is 1. The van der Waals surface area contributed by atoms with Crippen molar-refractivity contribution in [3.8, 4) is 0 Å². The van der Waals surface area contributed by atoms with Gasteiger partial charge in [0.25, 0.3) is 0 Å². The van der Waals surface area contributed by atoms with Gasteiger partial charge in [0.15, 0.2) is 0 Å². The van der Waals surface area contributed by atoms with Crippen molar-refractivity contribution in [2.24, 2.45) is 5.73 Å². The maximum Gasteiger partial charge on any atom is 0.405 e. The van der Waals surface area contributed by atoms with Crippen LogP contribution in [0.25, 0.3) is 0 Å². The van der Waals surface area contributed by atoms with Gasteiger partial charge in [-0.05, 0) is 25.3 Å². The normalized spacial score (nSPS) is 11.4. The van der Waals surface area contributed by atoms with E-state index in [4.69, 9.17) is 18.0 Å². The summed E-state index contributed by atoms with van der Waals surface area (Å²) in [6.45, 7) is 0.880. The summed E-state index contributed by atoms with van der Waals surface area (Å²) in [5.74, 6) is 0. The molecule has 0 saturated heterocycles. The lowest BCUT2D eigenvalue weighted by Crippen LogP contribution is -2.35. The minimum atomic E-state index is -4.27. The van der Waals surface area contributed by atoms with E-state index in [1.165, 1.54) is 16.7 Å². The number of thiocarbonyl (C=S) groups is 1. The fourth-order valence-corrected chi connectivity index (χ4v) is 2.70. The summed E-state index contributed by atoms with van der Waals surface area (Å²) in [7, 11) is 0. The van der Waals surface area contributed by atoms with Crippen LogP contribution in [-0.2, 0) is 0 Å². The Hall–Kier alpha value is -0.950. The number of nitrogens with two attached hydrogens (primary N) is 1. The molecule has 2 N–H and O–H groups in total. The smallest absolute Gasteiger partial charge is 0.389 e. The number of hydrogen-bond donors (Lipinski definition) is 1. The first-order valence-electron chi connectivity index (χ1n) is 5.58. The van der Waals surface area contributed by atoms with Crippen LogP contribution in [0.1, 0.15) is 12.5 Å². The Morgan fingerprint density at radius 3 is 2.47 bits per heavy atom. The first-order valence-corrected chi connectivity index (χ1v) is 7.22. The van der Waals surface area contributed by atoms with Crippen LogP contribution in [0.5, 0.6) is 0 Å². The number of halogens is 3. The lowest BCUT2D eigenvalue weighted by Gasteiger charge is -2.27. The molecule has 0 saturated carbocycles.